The predicted octanol–water partition coefficient (Wildman–Crippen LogP) is 0.525. The average molecular weight is 307 g/mol. The third-order valence-corrected chi connectivity index (χ3v) is 3.55. The number of ether oxygens (including phenoxy) is 1. The summed E-state index contributed by atoms with van der Waals surface area (Å²) in [5, 5.41) is 2.74. The molecule has 2 amide bonds. The number of hydrogen-bond acceptors (Lipinski definition) is 3. The van der Waals surface area contributed by atoms with Crippen LogP contribution in [0.5, 0.6) is 0 Å². The van der Waals surface area contributed by atoms with E-state index in [-0.39, 0.29) is 16.6 Å². The van der Waals surface area contributed by atoms with Gasteiger partial charge >= 0.3 is 0 Å². The number of halogens is 1. The smallest absolute Gasteiger partial charge is 0.236 e. The molecule has 1 unspecified atom stereocenters. The SMILES string of the molecule is COCCNC(=O)CCN1CCCC(Br)C1=O. The zero-order valence-electron chi connectivity index (χ0n) is 10.1. The monoisotopic (exact) mass is 306 g/mol. The van der Waals surface area contributed by atoms with Crippen molar-refractivity contribution < 1.29 is 14.3 Å². The first kappa shape index (κ1) is 14.4. The molecule has 17 heavy (non-hydrogen) atoms. The first-order valence-electron chi connectivity index (χ1n) is 5.83. The highest BCUT2D eigenvalue weighted by Crippen LogP contribution is 2.18. The lowest BCUT2D eigenvalue weighted by molar-refractivity contribution is -0.133. The quantitative estimate of drug-likeness (QED) is 0.575. The highest BCUT2D eigenvalue weighted by molar-refractivity contribution is 9.10. The van der Waals surface area contributed by atoms with Crippen LogP contribution in [0, 0.1) is 0 Å². The summed E-state index contributed by atoms with van der Waals surface area (Å²) in [4.78, 5) is 24.8. The topological polar surface area (TPSA) is 58.6 Å². The van der Waals surface area contributed by atoms with Crippen molar-refractivity contribution in [2.75, 3.05) is 33.4 Å². The average Bonchev–Trinajstić information content (AvgIpc) is 2.31. The number of piperidine rings is 1. The Labute approximate surface area is 110 Å². The molecule has 0 saturated carbocycles. The molecule has 1 heterocycles. The summed E-state index contributed by atoms with van der Waals surface area (Å²) in [5.74, 6) is 0.0625. The molecule has 5 nitrogen and oxygen atoms in total. The zero-order chi connectivity index (χ0) is 12.7. The molecule has 1 rings (SSSR count). The van der Waals surface area contributed by atoms with Gasteiger partial charge in [-0.3, -0.25) is 9.59 Å². The zero-order valence-corrected chi connectivity index (χ0v) is 11.7. The van der Waals surface area contributed by atoms with Crippen LogP contribution in [0.1, 0.15) is 19.3 Å². The molecule has 1 atom stereocenters. The van der Waals surface area contributed by atoms with Crippen LogP contribution in [0.15, 0.2) is 0 Å². The Balaban J connectivity index is 2.20. The molecule has 98 valence electrons. The molecule has 0 aromatic carbocycles. The molecule has 0 radical (unpaired) electrons. The van der Waals surface area contributed by atoms with E-state index < -0.39 is 0 Å². The number of rotatable bonds is 6. The van der Waals surface area contributed by atoms with Crippen LogP contribution < -0.4 is 5.32 Å². The van der Waals surface area contributed by atoms with Gasteiger partial charge in [0.2, 0.25) is 11.8 Å². The molecule has 0 aromatic heterocycles. The fourth-order valence-electron chi connectivity index (χ4n) is 1.73. The number of nitrogens with one attached hydrogen (secondary N) is 1. The Morgan fingerprint density at radius 3 is 3.12 bits per heavy atom. The lowest BCUT2D eigenvalue weighted by atomic mass is 10.1. The molecule has 6 heteroatoms. The minimum absolute atomic E-state index is 0.0356. The normalized spacial score (nSPS) is 20.5. The van der Waals surface area contributed by atoms with Gasteiger partial charge in [-0.1, -0.05) is 15.9 Å². The standard InChI is InChI=1S/C11H19BrN2O3/c1-17-8-5-13-10(15)4-7-14-6-2-3-9(12)11(14)16/h9H,2-8H2,1H3,(H,13,15). The van der Waals surface area contributed by atoms with Gasteiger partial charge in [0.15, 0.2) is 0 Å². The second-order valence-electron chi connectivity index (χ2n) is 4.03. The molecule has 0 spiro atoms. The van der Waals surface area contributed by atoms with Crippen molar-refractivity contribution in [1.29, 1.82) is 0 Å². The first-order chi connectivity index (χ1) is 8.15. The number of carbonyl (C=O) groups is 2. The molecular formula is C11H19BrN2O3. The third-order valence-electron chi connectivity index (χ3n) is 2.70. The van der Waals surface area contributed by atoms with Crippen molar-refractivity contribution in [3.05, 3.63) is 0 Å². The summed E-state index contributed by atoms with van der Waals surface area (Å²) >= 11 is 3.34. The van der Waals surface area contributed by atoms with Crippen LogP contribution in [0.25, 0.3) is 0 Å². The lowest BCUT2D eigenvalue weighted by Crippen LogP contribution is -2.43. The predicted molar refractivity (Wildman–Crippen MR) is 68.0 cm³/mol. The van der Waals surface area contributed by atoms with Gasteiger partial charge in [-0.05, 0) is 12.8 Å². The third kappa shape index (κ3) is 5.04. The Morgan fingerprint density at radius 1 is 1.65 bits per heavy atom. The summed E-state index contributed by atoms with van der Waals surface area (Å²) in [5.41, 5.74) is 0. The van der Waals surface area contributed by atoms with E-state index in [1.165, 1.54) is 0 Å². The summed E-state index contributed by atoms with van der Waals surface area (Å²) < 4.78 is 4.83. The Bertz CT molecular complexity index is 273. The maximum Gasteiger partial charge on any atom is 0.236 e. The van der Waals surface area contributed by atoms with E-state index in [9.17, 15) is 9.59 Å². The number of nitrogens with zero attached hydrogens (tertiary/aromatic N) is 1. The Hall–Kier alpha value is -0.620. The van der Waals surface area contributed by atoms with Crippen LogP contribution in [-0.4, -0.2) is 54.9 Å². The minimum atomic E-state index is -0.0761. The number of carbonyl (C=O) groups excluding carboxylic acids is 2. The van der Waals surface area contributed by atoms with Gasteiger partial charge in [0, 0.05) is 33.2 Å². The van der Waals surface area contributed by atoms with E-state index in [0.29, 0.717) is 26.1 Å². The molecule has 1 saturated heterocycles. The van der Waals surface area contributed by atoms with Gasteiger partial charge in [-0.2, -0.15) is 0 Å². The lowest BCUT2D eigenvalue weighted by Gasteiger charge is -2.29. The van der Waals surface area contributed by atoms with E-state index in [2.05, 4.69) is 21.2 Å². The van der Waals surface area contributed by atoms with Gasteiger partial charge < -0.3 is 15.0 Å². The van der Waals surface area contributed by atoms with E-state index in [0.717, 1.165) is 19.4 Å². The Morgan fingerprint density at radius 2 is 2.41 bits per heavy atom. The van der Waals surface area contributed by atoms with Crippen molar-refractivity contribution in [3.63, 3.8) is 0 Å². The fraction of sp³-hybridized carbons (Fsp3) is 0.818. The first-order valence-corrected chi connectivity index (χ1v) is 6.75. The van der Waals surface area contributed by atoms with Crippen molar-refractivity contribution in [2.45, 2.75) is 24.1 Å². The van der Waals surface area contributed by atoms with Gasteiger partial charge in [-0.25, -0.2) is 0 Å². The number of amides is 2. The maximum absolute atomic E-state index is 11.7. The van der Waals surface area contributed by atoms with E-state index in [1.807, 2.05) is 0 Å². The molecule has 1 fully saturated rings. The Kier molecular flexibility index (Phi) is 6.50. The number of hydrogen-bond donors (Lipinski definition) is 1. The van der Waals surface area contributed by atoms with Crippen LogP contribution in [-0.2, 0) is 14.3 Å². The van der Waals surface area contributed by atoms with Crippen molar-refractivity contribution in [3.8, 4) is 0 Å². The van der Waals surface area contributed by atoms with Crippen molar-refractivity contribution in [2.24, 2.45) is 0 Å². The van der Waals surface area contributed by atoms with Crippen LogP contribution in [0.4, 0.5) is 0 Å². The maximum atomic E-state index is 11.7. The molecule has 1 N–H and O–H groups in total. The number of likely N-dealkylation sites (tertiary alicyclic amines) is 1. The van der Waals surface area contributed by atoms with Gasteiger partial charge in [0.1, 0.15) is 0 Å². The number of alkyl halides is 1. The summed E-state index contributed by atoms with van der Waals surface area (Å²) in [6.07, 6.45) is 2.23. The van der Waals surface area contributed by atoms with Gasteiger partial charge in [0.05, 0.1) is 11.4 Å². The molecule has 1 aliphatic rings. The second kappa shape index (κ2) is 7.66. The van der Waals surface area contributed by atoms with E-state index >= 15 is 0 Å². The highest BCUT2D eigenvalue weighted by Gasteiger charge is 2.26. The summed E-state index contributed by atoms with van der Waals surface area (Å²) in [6, 6.07) is 0. The van der Waals surface area contributed by atoms with Crippen molar-refractivity contribution >= 4 is 27.7 Å². The molecule has 0 bridgehead atoms. The number of methoxy groups -OCH3 is 1. The largest absolute Gasteiger partial charge is 0.383 e. The molecule has 1 aliphatic heterocycles. The van der Waals surface area contributed by atoms with E-state index in [1.54, 1.807) is 12.0 Å². The van der Waals surface area contributed by atoms with Gasteiger partial charge in [0.25, 0.3) is 0 Å². The minimum Gasteiger partial charge on any atom is -0.383 e. The van der Waals surface area contributed by atoms with Crippen molar-refractivity contribution in [1.82, 2.24) is 10.2 Å². The second-order valence-corrected chi connectivity index (χ2v) is 5.13. The highest BCUT2D eigenvalue weighted by atomic mass is 79.9. The summed E-state index contributed by atoms with van der Waals surface area (Å²) in [7, 11) is 1.59. The molecule has 0 aromatic rings. The molecular weight excluding hydrogens is 288 g/mol. The summed E-state index contributed by atoms with van der Waals surface area (Å²) in [6.45, 7) is 2.29. The van der Waals surface area contributed by atoms with Crippen LogP contribution in [0.2, 0.25) is 0 Å². The van der Waals surface area contributed by atoms with Crippen LogP contribution in [0.3, 0.4) is 0 Å². The van der Waals surface area contributed by atoms with Crippen LogP contribution >= 0.6 is 15.9 Å². The molecule has 0 aliphatic carbocycles. The van der Waals surface area contributed by atoms with E-state index in [4.69, 9.17) is 4.74 Å². The van der Waals surface area contributed by atoms with Gasteiger partial charge in [-0.15, -0.1) is 0 Å². The fourth-order valence-corrected chi connectivity index (χ4v) is 2.35.